The highest BCUT2D eigenvalue weighted by Gasteiger charge is 2.52. The molecule has 1 aromatic carbocycles. The maximum Gasteiger partial charge on any atom is 0.115 e. The van der Waals surface area contributed by atoms with Gasteiger partial charge in [0.1, 0.15) is 5.75 Å². The molecule has 1 aliphatic rings. The lowest BCUT2D eigenvalue weighted by molar-refractivity contribution is 0.472. The first-order valence-corrected chi connectivity index (χ1v) is 5.22. The van der Waals surface area contributed by atoms with Crippen LogP contribution in [0.1, 0.15) is 25.3 Å². The minimum Gasteiger partial charge on any atom is -0.508 e. The van der Waals surface area contributed by atoms with Gasteiger partial charge in [0.15, 0.2) is 0 Å². The zero-order valence-electron chi connectivity index (χ0n) is 8.53. The molecule has 76 valence electrons. The highest BCUT2D eigenvalue weighted by atomic mass is 16.3. The van der Waals surface area contributed by atoms with Crippen molar-refractivity contribution in [2.24, 2.45) is 11.7 Å². The number of benzene rings is 1. The molecular weight excluding hydrogens is 174 g/mol. The van der Waals surface area contributed by atoms with Crippen molar-refractivity contribution in [3.8, 4) is 5.75 Å². The molecule has 1 unspecified atom stereocenters. The fraction of sp³-hybridized carbons (Fsp3) is 0.500. The summed E-state index contributed by atoms with van der Waals surface area (Å²) in [4.78, 5) is 0. The van der Waals surface area contributed by atoms with Crippen molar-refractivity contribution >= 4 is 0 Å². The molecule has 2 rings (SSSR count). The summed E-state index contributed by atoms with van der Waals surface area (Å²) in [7, 11) is 0. The minimum absolute atomic E-state index is 0.257. The summed E-state index contributed by atoms with van der Waals surface area (Å²) >= 11 is 0. The van der Waals surface area contributed by atoms with Crippen LogP contribution in [0.2, 0.25) is 0 Å². The minimum atomic E-state index is 0.257. The molecule has 0 spiro atoms. The van der Waals surface area contributed by atoms with Crippen molar-refractivity contribution < 1.29 is 5.11 Å². The Morgan fingerprint density at radius 3 is 2.86 bits per heavy atom. The van der Waals surface area contributed by atoms with Gasteiger partial charge < -0.3 is 10.8 Å². The topological polar surface area (TPSA) is 46.2 Å². The van der Waals surface area contributed by atoms with E-state index < -0.39 is 0 Å². The average molecular weight is 191 g/mol. The van der Waals surface area contributed by atoms with E-state index in [1.165, 1.54) is 12.0 Å². The molecular formula is C12H17NO. The Bertz CT molecular complexity index is 337. The van der Waals surface area contributed by atoms with Crippen LogP contribution < -0.4 is 5.73 Å². The molecule has 1 aliphatic carbocycles. The SMILES string of the molecule is CCC1(c2cccc(O)c2)C[C@H]1CN. The monoisotopic (exact) mass is 191 g/mol. The van der Waals surface area contributed by atoms with Crippen LogP contribution in [0.5, 0.6) is 5.75 Å². The molecule has 14 heavy (non-hydrogen) atoms. The van der Waals surface area contributed by atoms with E-state index >= 15 is 0 Å². The average Bonchev–Trinajstić information content (AvgIpc) is 2.93. The summed E-state index contributed by atoms with van der Waals surface area (Å²) in [6.45, 7) is 2.95. The van der Waals surface area contributed by atoms with E-state index in [0.29, 0.717) is 11.7 Å². The Morgan fingerprint density at radius 2 is 2.36 bits per heavy atom. The summed E-state index contributed by atoms with van der Waals surface area (Å²) in [5, 5.41) is 9.43. The highest BCUT2D eigenvalue weighted by Crippen LogP contribution is 2.56. The molecule has 0 bridgehead atoms. The molecule has 3 N–H and O–H groups in total. The summed E-state index contributed by atoms with van der Waals surface area (Å²) in [6.07, 6.45) is 2.28. The van der Waals surface area contributed by atoms with Gasteiger partial charge in [0.25, 0.3) is 0 Å². The normalized spacial score (nSPS) is 30.3. The summed E-state index contributed by atoms with van der Waals surface area (Å²) in [6, 6.07) is 7.60. The highest BCUT2D eigenvalue weighted by molar-refractivity contribution is 5.38. The second-order valence-corrected chi connectivity index (χ2v) is 4.20. The van der Waals surface area contributed by atoms with E-state index in [1.54, 1.807) is 6.07 Å². The van der Waals surface area contributed by atoms with E-state index in [0.717, 1.165) is 13.0 Å². The van der Waals surface area contributed by atoms with E-state index in [1.807, 2.05) is 12.1 Å². The quantitative estimate of drug-likeness (QED) is 0.767. The van der Waals surface area contributed by atoms with Gasteiger partial charge >= 0.3 is 0 Å². The van der Waals surface area contributed by atoms with Crippen LogP contribution in [-0.2, 0) is 5.41 Å². The molecule has 0 aliphatic heterocycles. The van der Waals surface area contributed by atoms with Gasteiger partial charge in [-0.05, 0) is 48.4 Å². The molecule has 2 nitrogen and oxygen atoms in total. The first-order chi connectivity index (χ1) is 6.73. The number of nitrogens with two attached hydrogens (primary N) is 1. The van der Waals surface area contributed by atoms with Crippen molar-refractivity contribution in [2.45, 2.75) is 25.2 Å². The second-order valence-electron chi connectivity index (χ2n) is 4.20. The zero-order chi connectivity index (χ0) is 10.2. The van der Waals surface area contributed by atoms with Crippen LogP contribution >= 0.6 is 0 Å². The predicted octanol–water partition coefficient (Wildman–Crippen LogP) is 2.02. The maximum absolute atomic E-state index is 9.43. The smallest absolute Gasteiger partial charge is 0.115 e. The van der Waals surface area contributed by atoms with Crippen molar-refractivity contribution in [2.75, 3.05) is 6.54 Å². The first kappa shape index (κ1) is 9.53. The number of rotatable bonds is 3. The van der Waals surface area contributed by atoms with E-state index in [9.17, 15) is 5.11 Å². The Balaban J connectivity index is 2.30. The van der Waals surface area contributed by atoms with Gasteiger partial charge in [-0.3, -0.25) is 0 Å². The van der Waals surface area contributed by atoms with Gasteiger partial charge in [-0.2, -0.15) is 0 Å². The fourth-order valence-corrected chi connectivity index (χ4v) is 2.50. The summed E-state index contributed by atoms with van der Waals surface area (Å²) in [5.74, 6) is 0.965. The molecule has 1 aromatic rings. The molecule has 2 heteroatoms. The van der Waals surface area contributed by atoms with Gasteiger partial charge in [-0.15, -0.1) is 0 Å². The standard InChI is InChI=1S/C12H17NO/c1-2-12(7-10(12)8-13)9-4-3-5-11(14)6-9/h3-6,10,14H,2,7-8,13H2,1H3/t10-,12?/m0/s1. The van der Waals surface area contributed by atoms with E-state index in [2.05, 4.69) is 13.0 Å². The third-order valence-corrected chi connectivity index (χ3v) is 3.57. The fourth-order valence-electron chi connectivity index (χ4n) is 2.50. The van der Waals surface area contributed by atoms with Gasteiger partial charge in [-0.25, -0.2) is 0 Å². The summed E-state index contributed by atoms with van der Waals surface area (Å²) in [5.41, 5.74) is 7.20. The molecule has 0 radical (unpaired) electrons. The lowest BCUT2D eigenvalue weighted by atomic mass is 9.90. The lowest BCUT2D eigenvalue weighted by Gasteiger charge is -2.15. The summed E-state index contributed by atoms with van der Waals surface area (Å²) < 4.78 is 0. The Kier molecular flexibility index (Phi) is 2.23. The van der Waals surface area contributed by atoms with Crippen LogP contribution in [0.15, 0.2) is 24.3 Å². The molecule has 0 heterocycles. The van der Waals surface area contributed by atoms with Crippen molar-refractivity contribution in [1.82, 2.24) is 0 Å². The number of aromatic hydroxyl groups is 1. The van der Waals surface area contributed by atoms with E-state index in [4.69, 9.17) is 5.73 Å². The van der Waals surface area contributed by atoms with Gasteiger partial charge in [-0.1, -0.05) is 19.1 Å². The Hall–Kier alpha value is -1.02. The van der Waals surface area contributed by atoms with Crippen LogP contribution in [-0.4, -0.2) is 11.7 Å². The van der Waals surface area contributed by atoms with Gasteiger partial charge in [0, 0.05) is 0 Å². The molecule has 1 fully saturated rings. The zero-order valence-corrected chi connectivity index (χ0v) is 8.53. The third-order valence-electron chi connectivity index (χ3n) is 3.57. The van der Waals surface area contributed by atoms with Crippen LogP contribution in [0, 0.1) is 5.92 Å². The number of hydrogen-bond donors (Lipinski definition) is 2. The van der Waals surface area contributed by atoms with Gasteiger partial charge in [0.2, 0.25) is 0 Å². The van der Waals surface area contributed by atoms with Crippen molar-refractivity contribution in [3.63, 3.8) is 0 Å². The van der Waals surface area contributed by atoms with Crippen molar-refractivity contribution in [3.05, 3.63) is 29.8 Å². The molecule has 0 aromatic heterocycles. The molecule has 1 saturated carbocycles. The number of phenols is 1. The molecule has 0 amide bonds. The van der Waals surface area contributed by atoms with Crippen LogP contribution in [0.3, 0.4) is 0 Å². The predicted molar refractivity (Wildman–Crippen MR) is 57.2 cm³/mol. The Labute approximate surface area is 84.7 Å². The van der Waals surface area contributed by atoms with Gasteiger partial charge in [0.05, 0.1) is 0 Å². The largest absolute Gasteiger partial charge is 0.508 e. The lowest BCUT2D eigenvalue weighted by Crippen LogP contribution is -2.14. The van der Waals surface area contributed by atoms with E-state index in [-0.39, 0.29) is 5.41 Å². The van der Waals surface area contributed by atoms with Crippen molar-refractivity contribution in [1.29, 1.82) is 0 Å². The number of hydrogen-bond acceptors (Lipinski definition) is 2. The molecule has 0 saturated heterocycles. The van der Waals surface area contributed by atoms with Crippen LogP contribution in [0.25, 0.3) is 0 Å². The second kappa shape index (κ2) is 3.28. The van der Waals surface area contributed by atoms with Crippen LogP contribution in [0.4, 0.5) is 0 Å². The molecule has 2 atom stereocenters. The first-order valence-electron chi connectivity index (χ1n) is 5.22. The Morgan fingerprint density at radius 1 is 1.57 bits per heavy atom. The maximum atomic E-state index is 9.43. The third kappa shape index (κ3) is 1.30. The number of phenolic OH excluding ortho intramolecular Hbond substituents is 1.